The molecule has 0 spiro atoms. The van der Waals surface area contributed by atoms with Crippen molar-refractivity contribution in [2.75, 3.05) is 11.9 Å². The summed E-state index contributed by atoms with van der Waals surface area (Å²) >= 11 is 0. The molecule has 1 aromatic carbocycles. The molecule has 19 heavy (non-hydrogen) atoms. The molecule has 0 radical (unpaired) electrons. The zero-order valence-electron chi connectivity index (χ0n) is 10.5. The number of nitrogens with one attached hydrogen (secondary N) is 1. The van der Waals surface area contributed by atoms with Crippen molar-refractivity contribution in [1.29, 1.82) is 0 Å². The van der Waals surface area contributed by atoms with Crippen LogP contribution in [0.3, 0.4) is 0 Å². The highest BCUT2D eigenvalue weighted by Gasteiger charge is 2.28. The molecule has 0 bridgehead atoms. The van der Waals surface area contributed by atoms with E-state index in [9.17, 15) is 22.3 Å². The van der Waals surface area contributed by atoms with Gasteiger partial charge in [0, 0.05) is 6.54 Å². The normalized spacial score (nSPS) is 13.5. The van der Waals surface area contributed by atoms with Crippen LogP contribution in [0.2, 0.25) is 0 Å². The molecule has 0 amide bonds. The van der Waals surface area contributed by atoms with Crippen LogP contribution in [0.5, 0.6) is 0 Å². The van der Waals surface area contributed by atoms with Crippen molar-refractivity contribution in [3.8, 4) is 0 Å². The fourth-order valence-electron chi connectivity index (χ4n) is 1.62. The van der Waals surface area contributed by atoms with Crippen LogP contribution in [-0.2, 0) is 9.84 Å². The highest BCUT2D eigenvalue weighted by Crippen LogP contribution is 2.26. The molecule has 0 aliphatic carbocycles. The number of aliphatic hydroxyl groups excluding tert-OH is 1. The van der Waals surface area contributed by atoms with Crippen molar-refractivity contribution in [1.82, 2.24) is 0 Å². The number of aliphatic hydroxyl groups is 1. The number of rotatable bonds is 7. The van der Waals surface area contributed by atoms with Crippen LogP contribution in [0, 0.1) is 0 Å². The number of hydrogen-bond acceptors (Lipinski definition) is 4. The number of anilines is 1. The Morgan fingerprint density at radius 1 is 1.32 bits per heavy atom. The van der Waals surface area contributed by atoms with Gasteiger partial charge in [-0.05, 0) is 18.6 Å². The summed E-state index contributed by atoms with van der Waals surface area (Å²) in [6.45, 7) is 2.02. The topological polar surface area (TPSA) is 66.4 Å². The summed E-state index contributed by atoms with van der Waals surface area (Å²) in [6.07, 6.45) is 0.684. The summed E-state index contributed by atoms with van der Waals surface area (Å²) < 4.78 is 48.0. The maximum Gasteiger partial charge on any atom is 0.341 e. The molecule has 1 rings (SSSR count). The van der Waals surface area contributed by atoms with E-state index in [4.69, 9.17) is 0 Å². The van der Waals surface area contributed by atoms with Gasteiger partial charge in [0.1, 0.15) is 0 Å². The molecule has 7 heteroatoms. The average Bonchev–Trinajstić information content (AvgIpc) is 2.37. The maximum absolute atomic E-state index is 12.5. The van der Waals surface area contributed by atoms with Crippen molar-refractivity contribution in [2.45, 2.75) is 36.5 Å². The minimum absolute atomic E-state index is 0.0814. The van der Waals surface area contributed by atoms with E-state index in [2.05, 4.69) is 5.32 Å². The van der Waals surface area contributed by atoms with Gasteiger partial charge in [-0.15, -0.1) is 0 Å². The lowest BCUT2D eigenvalue weighted by Crippen LogP contribution is -2.21. The minimum atomic E-state index is -4.65. The van der Waals surface area contributed by atoms with Crippen molar-refractivity contribution < 1.29 is 22.3 Å². The van der Waals surface area contributed by atoms with E-state index in [0.717, 1.165) is 12.5 Å². The van der Waals surface area contributed by atoms with Crippen LogP contribution in [0.1, 0.15) is 19.8 Å². The molecule has 0 saturated heterocycles. The first-order valence-electron chi connectivity index (χ1n) is 5.92. The Hall–Kier alpha value is -1.21. The van der Waals surface area contributed by atoms with E-state index in [1.807, 2.05) is 6.92 Å². The second-order valence-electron chi connectivity index (χ2n) is 4.13. The summed E-state index contributed by atoms with van der Waals surface area (Å²) in [6, 6.07) is 5.44. The van der Waals surface area contributed by atoms with Gasteiger partial charge < -0.3 is 10.4 Å². The summed E-state index contributed by atoms with van der Waals surface area (Å²) in [5, 5.41) is 12.2. The van der Waals surface area contributed by atoms with E-state index in [0.29, 0.717) is 6.42 Å². The Bertz CT molecular complexity index is 505. The highest BCUT2D eigenvalue weighted by atomic mass is 32.2. The van der Waals surface area contributed by atoms with Crippen LogP contribution in [0.4, 0.5) is 14.5 Å². The van der Waals surface area contributed by atoms with Gasteiger partial charge in [-0.1, -0.05) is 25.5 Å². The molecule has 0 fully saturated rings. The monoisotopic (exact) mass is 293 g/mol. The molecule has 0 heterocycles. The largest absolute Gasteiger partial charge is 0.391 e. The average molecular weight is 293 g/mol. The van der Waals surface area contributed by atoms with Crippen molar-refractivity contribution in [3.05, 3.63) is 24.3 Å². The van der Waals surface area contributed by atoms with Crippen molar-refractivity contribution in [3.63, 3.8) is 0 Å². The Kier molecular flexibility index (Phi) is 5.68. The fourth-order valence-corrected chi connectivity index (χ4v) is 2.53. The lowest BCUT2D eigenvalue weighted by molar-refractivity contribution is 0.176. The van der Waals surface area contributed by atoms with Crippen LogP contribution in [0.25, 0.3) is 0 Å². The number of hydrogen-bond donors (Lipinski definition) is 2. The number of benzene rings is 1. The molecule has 0 aliphatic heterocycles. The molecule has 2 N–H and O–H groups in total. The summed E-state index contributed by atoms with van der Waals surface area (Å²) in [5.74, 6) is -3.46. The summed E-state index contributed by atoms with van der Waals surface area (Å²) in [4.78, 5) is -0.450. The van der Waals surface area contributed by atoms with Crippen LogP contribution in [0.15, 0.2) is 29.2 Å². The van der Waals surface area contributed by atoms with E-state index < -0.39 is 26.6 Å². The predicted molar refractivity (Wildman–Crippen MR) is 69.0 cm³/mol. The second-order valence-corrected chi connectivity index (χ2v) is 6.01. The lowest BCUT2D eigenvalue weighted by Gasteiger charge is -2.15. The molecule has 0 aromatic heterocycles. The zero-order valence-corrected chi connectivity index (χ0v) is 11.3. The number of para-hydroxylation sites is 1. The fraction of sp³-hybridized carbons (Fsp3) is 0.500. The van der Waals surface area contributed by atoms with Gasteiger partial charge in [0.05, 0.1) is 16.7 Å². The van der Waals surface area contributed by atoms with Crippen LogP contribution >= 0.6 is 0 Å². The quantitative estimate of drug-likeness (QED) is 0.809. The first-order chi connectivity index (χ1) is 8.89. The Balaban J connectivity index is 2.91. The third kappa shape index (κ3) is 4.14. The van der Waals surface area contributed by atoms with Gasteiger partial charge in [0.15, 0.2) is 0 Å². The van der Waals surface area contributed by atoms with Gasteiger partial charge >= 0.3 is 5.76 Å². The molecule has 1 unspecified atom stereocenters. The number of sulfone groups is 1. The Labute approximate surface area is 111 Å². The van der Waals surface area contributed by atoms with E-state index in [1.165, 1.54) is 12.1 Å². The smallest absolute Gasteiger partial charge is 0.341 e. The third-order valence-corrected chi connectivity index (χ3v) is 4.02. The molecular weight excluding hydrogens is 276 g/mol. The van der Waals surface area contributed by atoms with Gasteiger partial charge in [0.25, 0.3) is 0 Å². The Morgan fingerprint density at radius 3 is 2.53 bits per heavy atom. The zero-order chi connectivity index (χ0) is 14.5. The number of alkyl halides is 2. The molecule has 1 atom stereocenters. The molecule has 4 nitrogen and oxygen atoms in total. The first-order valence-corrected chi connectivity index (χ1v) is 7.47. The minimum Gasteiger partial charge on any atom is -0.391 e. The van der Waals surface area contributed by atoms with Gasteiger partial charge in [-0.3, -0.25) is 0 Å². The molecule has 108 valence electrons. The number of halogens is 2. The standard InChI is InChI=1S/C12H17F2NO3S/c1-2-5-9(16)8-15-10-6-3-4-7-11(10)19(17,18)12(13)14/h3-4,6-7,9,12,15-16H,2,5,8H2,1H3. The van der Waals surface area contributed by atoms with E-state index in [-0.39, 0.29) is 12.2 Å². The van der Waals surface area contributed by atoms with Crippen LogP contribution < -0.4 is 5.32 Å². The Morgan fingerprint density at radius 2 is 1.95 bits per heavy atom. The van der Waals surface area contributed by atoms with Gasteiger partial charge in [0.2, 0.25) is 9.84 Å². The second kappa shape index (κ2) is 6.81. The predicted octanol–water partition coefficient (Wildman–Crippen LogP) is 2.26. The highest BCUT2D eigenvalue weighted by molar-refractivity contribution is 7.91. The summed E-state index contributed by atoms with van der Waals surface area (Å²) in [5.41, 5.74) is 0.0814. The summed E-state index contributed by atoms with van der Waals surface area (Å²) in [7, 11) is -4.65. The lowest BCUT2D eigenvalue weighted by atomic mass is 10.2. The SMILES string of the molecule is CCCC(O)CNc1ccccc1S(=O)(=O)C(F)F. The molecule has 0 aliphatic rings. The van der Waals surface area contributed by atoms with Gasteiger partial charge in [-0.25, -0.2) is 8.42 Å². The van der Waals surface area contributed by atoms with Crippen molar-refractivity contribution in [2.24, 2.45) is 0 Å². The molecule has 0 saturated carbocycles. The van der Waals surface area contributed by atoms with E-state index >= 15 is 0 Å². The molecule has 1 aromatic rings. The maximum atomic E-state index is 12.5. The van der Waals surface area contributed by atoms with Crippen molar-refractivity contribution >= 4 is 15.5 Å². The van der Waals surface area contributed by atoms with Crippen LogP contribution in [-0.4, -0.2) is 31.9 Å². The van der Waals surface area contributed by atoms with Gasteiger partial charge in [-0.2, -0.15) is 8.78 Å². The first kappa shape index (κ1) is 15.8. The molecular formula is C12H17F2NO3S. The third-order valence-electron chi connectivity index (χ3n) is 2.58. The van der Waals surface area contributed by atoms with E-state index in [1.54, 1.807) is 6.07 Å².